The summed E-state index contributed by atoms with van der Waals surface area (Å²) in [6, 6.07) is 11.2. The molecular formula is C20H20N4O3S. The van der Waals surface area contributed by atoms with Crippen LogP contribution in [-0.4, -0.2) is 38.4 Å². The third-order valence-electron chi connectivity index (χ3n) is 4.42. The zero-order valence-corrected chi connectivity index (χ0v) is 16.1. The number of para-hydroxylation sites is 1. The minimum Gasteiger partial charge on any atom is -0.465 e. The van der Waals surface area contributed by atoms with Gasteiger partial charge in [-0.1, -0.05) is 30.4 Å². The SMILES string of the molecule is Cc1cnccc1CNC1=CN(C(=O)O)CC(=O)C1C(=S)Nc1ccccc1. The van der Waals surface area contributed by atoms with Crippen molar-refractivity contribution in [2.24, 2.45) is 5.92 Å². The van der Waals surface area contributed by atoms with Crippen LogP contribution in [0.25, 0.3) is 0 Å². The fourth-order valence-corrected chi connectivity index (χ4v) is 3.29. The number of carbonyl (C=O) groups excluding carboxylic acids is 1. The van der Waals surface area contributed by atoms with Crippen LogP contribution in [0.5, 0.6) is 0 Å². The van der Waals surface area contributed by atoms with Crippen LogP contribution in [-0.2, 0) is 11.3 Å². The average molecular weight is 396 g/mol. The second-order valence-electron chi connectivity index (χ2n) is 6.41. The largest absolute Gasteiger partial charge is 0.465 e. The van der Waals surface area contributed by atoms with Crippen molar-refractivity contribution in [2.75, 3.05) is 11.9 Å². The molecule has 1 aromatic carbocycles. The maximum atomic E-state index is 12.7. The van der Waals surface area contributed by atoms with Crippen LogP contribution < -0.4 is 10.6 Å². The van der Waals surface area contributed by atoms with E-state index in [1.807, 2.05) is 43.3 Å². The number of carbonyl (C=O) groups is 2. The summed E-state index contributed by atoms with van der Waals surface area (Å²) in [7, 11) is 0. The van der Waals surface area contributed by atoms with E-state index in [1.54, 1.807) is 12.4 Å². The van der Waals surface area contributed by atoms with E-state index in [0.717, 1.165) is 21.7 Å². The lowest BCUT2D eigenvalue weighted by Gasteiger charge is -2.30. The van der Waals surface area contributed by atoms with E-state index in [2.05, 4.69) is 15.6 Å². The molecular weight excluding hydrogens is 376 g/mol. The molecule has 0 radical (unpaired) electrons. The molecule has 0 saturated carbocycles. The Kier molecular flexibility index (Phi) is 6.00. The molecule has 0 aliphatic carbocycles. The Morgan fingerprint density at radius 3 is 2.75 bits per heavy atom. The summed E-state index contributed by atoms with van der Waals surface area (Å²) in [6.45, 7) is 2.12. The number of pyridine rings is 1. The summed E-state index contributed by atoms with van der Waals surface area (Å²) < 4.78 is 0. The van der Waals surface area contributed by atoms with E-state index in [0.29, 0.717) is 17.2 Å². The second kappa shape index (κ2) is 8.62. The molecule has 1 amide bonds. The van der Waals surface area contributed by atoms with Crippen molar-refractivity contribution >= 4 is 34.8 Å². The van der Waals surface area contributed by atoms with Crippen molar-refractivity contribution in [1.29, 1.82) is 0 Å². The van der Waals surface area contributed by atoms with Crippen LogP contribution >= 0.6 is 12.2 Å². The van der Waals surface area contributed by atoms with Crippen molar-refractivity contribution in [3.8, 4) is 0 Å². The molecule has 0 bridgehead atoms. The van der Waals surface area contributed by atoms with E-state index in [1.165, 1.54) is 6.20 Å². The molecule has 1 aliphatic rings. The Bertz CT molecular complexity index is 930. The molecule has 1 atom stereocenters. The first-order valence-electron chi connectivity index (χ1n) is 8.69. The lowest BCUT2D eigenvalue weighted by molar-refractivity contribution is -0.121. The van der Waals surface area contributed by atoms with E-state index in [-0.39, 0.29) is 12.3 Å². The molecule has 8 heteroatoms. The van der Waals surface area contributed by atoms with Crippen LogP contribution in [0.3, 0.4) is 0 Å². The maximum absolute atomic E-state index is 12.7. The minimum atomic E-state index is -1.19. The van der Waals surface area contributed by atoms with Crippen LogP contribution in [0.2, 0.25) is 0 Å². The highest BCUT2D eigenvalue weighted by molar-refractivity contribution is 7.80. The van der Waals surface area contributed by atoms with E-state index in [9.17, 15) is 14.7 Å². The highest BCUT2D eigenvalue weighted by atomic mass is 32.1. The number of aromatic nitrogens is 1. The first kappa shape index (κ1) is 19.5. The number of hydrogen-bond donors (Lipinski definition) is 3. The van der Waals surface area contributed by atoms with E-state index >= 15 is 0 Å². The highest BCUT2D eigenvalue weighted by Crippen LogP contribution is 2.22. The molecule has 2 heterocycles. The standard InChI is InChI=1S/C20H20N4O3S/c1-13-9-21-8-7-14(13)10-22-16-11-24(20(26)27)12-17(25)18(16)19(28)23-15-5-3-2-4-6-15/h2-9,11,18,22H,10,12H2,1H3,(H,23,28)(H,26,27). The average Bonchev–Trinajstić information content (AvgIpc) is 2.67. The number of carboxylic acid groups (broad SMARTS) is 1. The number of Topliss-reactive ketones (excluding diaryl/α,β-unsaturated/α-hetero) is 1. The Hall–Kier alpha value is -3.26. The summed E-state index contributed by atoms with van der Waals surface area (Å²) >= 11 is 5.48. The number of anilines is 1. The molecule has 3 rings (SSSR count). The van der Waals surface area contributed by atoms with Gasteiger partial charge in [-0.15, -0.1) is 0 Å². The van der Waals surface area contributed by atoms with Crippen LogP contribution in [0.4, 0.5) is 10.5 Å². The van der Waals surface area contributed by atoms with Gasteiger partial charge in [0.15, 0.2) is 5.78 Å². The molecule has 1 aromatic heterocycles. The topological polar surface area (TPSA) is 94.6 Å². The zero-order chi connectivity index (χ0) is 20.1. The van der Waals surface area contributed by atoms with Crippen LogP contribution in [0, 0.1) is 12.8 Å². The molecule has 2 aromatic rings. The summed E-state index contributed by atoms with van der Waals surface area (Å²) in [4.78, 5) is 29.4. The Morgan fingerprint density at radius 2 is 2.07 bits per heavy atom. The molecule has 28 heavy (non-hydrogen) atoms. The number of benzene rings is 1. The van der Waals surface area contributed by atoms with Gasteiger partial charge in [0.05, 0.1) is 11.5 Å². The highest BCUT2D eigenvalue weighted by Gasteiger charge is 2.34. The molecule has 3 N–H and O–H groups in total. The second-order valence-corrected chi connectivity index (χ2v) is 6.85. The van der Waals surface area contributed by atoms with Crippen LogP contribution in [0.1, 0.15) is 11.1 Å². The van der Waals surface area contributed by atoms with Gasteiger partial charge in [0.25, 0.3) is 0 Å². The number of hydrogen-bond acceptors (Lipinski definition) is 5. The van der Waals surface area contributed by atoms with Crippen molar-refractivity contribution in [3.05, 3.63) is 71.8 Å². The third kappa shape index (κ3) is 4.52. The smallest absolute Gasteiger partial charge is 0.411 e. The molecule has 0 spiro atoms. The van der Waals surface area contributed by atoms with Crippen molar-refractivity contribution < 1.29 is 14.7 Å². The number of aryl methyl sites for hydroxylation is 1. The van der Waals surface area contributed by atoms with Gasteiger partial charge >= 0.3 is 6.09 Å². The number of amides is 1. The Morgan fingerprint density at radius 1 is 1.32 bits per heavy atom. The third-order valence-corrected chi connectivity index (χ3v) is 4.76. The number of thiocarbonyl (C=S) groups is 1. The van der Waals surface area contributed by atoms with Gasteiger partial charge in [-0.2, -0.15) is 0 Å². The van der Waals surface area contributed by atoms with E-state index in [4.69, 9.17) is 12.2 Å². The van der Waals surface area contributed by atoms with E-state index < -0.39 is 12.0 Å². The van der Waals surface area contributed by atoms with Gasteiger partial charge in [-0.25, -0.2) is 4.79 Å². The van der Waals surface area contributed by atoms with Gasteiger partial charge in [-0.05, 0) is 36.2 Å². The fraction of sp³-hybridized carbons (Fsp3) is 0.200. The molecule has 1 unspecified atom stereocenters. The molecule has 1 aliphatic heterocycles. The predicted octanol–water partition coefficient (Wildman–Crippen LogP) is 2.94. The minimum absolute atomic E-state index is 0.240. The summed E-state index contributed by atoms with van der Waals surface area (Å²) in [6.07, 6.45) is 3.69. The predicted molar refractivity (Wildman–Crippen MR) is 110 cm³/mol. The zero-order valence-electron chi connectivity index (χ0n) is 15.3. The Labute approximate surface area is 168 Å². The van der Waals surface area contributed by atoms with Crippen molar-refractivity contribution in [3.63, 3.8) is 0 Å². The molecule has 7 nitrogen and oxygen atoms in total. The summed E-state index contributed by atoms with van der Waals surface area (Å²) in [5.74, 6) is -1.03. The monoisotopic (exact) mass is 396 g/mol. The van der Waals surface area contributed by atoms with Crippen LogP contribution in [0.15, 0.2) is 60.7 Å². The van der Waals surface area contributed by atoms with Gasteiger partial charge in [0, 0.05) is 36.5 Å². The fourth-order valence-electron chi connectivity index (χ4n) is 2.91. The number of nitrogens with zero attached hydrogens (tertiary/aromatic N) is 2. The maximum Gasteiger partial charge on any atom is 0.411 e. The Balaban J connectivity index is 1.83. The van der Waals surface area contributed by atoms with Crippen molar-refractivity contribution in [2.45, 2.75) is 13.5 Å². The van der Waals surface area contributed by atoms with Crippen molar-refractivity contribution in [1.82, 2.24) is 15.2 Å². The first-order valence-corrected chi connectivity index (χ1v) is 9.10. The number of rotatable bonds is 5. The lowest BCUT2D eigenvalue weighted by atomic mass is 9.96. The van der Waals surface area contributed by atoms with Gasteiger partial charge < -0.3 is 15.7 Å². The summed E-state index contributed by atoms with van der Waals surface area (Å²) in [5, 5.41) is 15.6. The summed E-state index contributed by atoms with van der Waals surface area (Å²) in [5.41, 5.74) is 3.21. The quantitative estimate of drug-likeness (QED) is 0.669. The first-order chi connectivity index (χ1) is 13.5. The van der Waals surface area contributed by atoms with Gasteiger partial charge in [0.1, 0.15) is 5.92 Å². The normalized spacial score (nSPS) is 16.3. The van der Waals surface area contributed by atoms with Gasteiger partial charge in [0.2, 0.25) is 0 Å². The van der Waals surface area contributed by atoms with Gasteiger partial charge in [-0.3, -0.25) is 14.7 Å². The molecule has 144 valence electrons. The number of nitrogens with one attached hydrogen (secondary N) is 2. The number of ketones is 1. The lowest BCUT2D eigenvalue weighted by Crippen LogP contribution is -2.46. The molecule has 0 fully saturated rings. The molecule has 0 saturated heterocycles.